The summed E-state index contributed by atoms with van der Waals surface area (Å²) in [6, 6.07) is 11.8. The van der Waals surface area contributed by atoms with Gasteiger partial charge in [-0.05, 0) is 45.8 Å². The molecular formula is C16H11BrFN3O2S. The topological polar surface area (TPSA) is 67.5 Å². The average molecular weight is 408 g/mol. The Hall–Kier alpha value is -2.19. The van der Waals surface area contributed by atoms with Crippen LogP contribution in [0.4, 0.5) is 4.39 Å². The molecule has 1 heterocycles. The van der Waals surface area contributed by atoms with Crippen molar-refractivity contribution in [3.8, 4) is 0 Å². The number of aromatic nitrogens is 1. The molecule has 0 saturated heterocycles. The summed E-state index contributed by atoms with van der Waals surface area (Å²) in [5.41, 5.74) is 4.49. The number of rotatable bonds is 5. The van der Waals surface area contributed by atoms with Crippen molar-refractivity contribution in [3.05, 3.63) is 58.3 Å². The molecule has 0 saturated carbocycles. The summed E-state index contributed by atoms with van der Waals surface area (Å²) in [7, 11) is 0. The van der Waals surface area contributed by atoms with Gasteiger partial charge in [0.25, 0.3) is 11.1 Å². The number of fused-ring (bicyclic) bond motifs is 1. The second-order valence-electron chi connectivity index (χ2n) is 4.70. The number of hydrogen-bond acceptors (Lipinski definition) is 5. The molecule has 3 aromatic rings. The monoisotopic (exact) mass is 407 g/mol. The highest BCUT2D eigenvalue weighted by Gasteiger charge is 2.08. The number of carbonyl (C=O) groups excluding carboxylic acids is 1. The molecule has 3 rings (SSSR count). The summed E-state index contributed by atoms with van der Waals surface area (Å²) in [6.45, 7) is 0. The van der Waals surface area contributed by atoms with Crippen LogP contribution in [0.5, 0.6) is 0 Å². The number of amides is 1. The lowest BCUT2D eigenvalue weighted by Crippen LogP contribution is -2.19. The number of hydrazone groups is 1. The number of oxazole rings is 1. The summed E-state index contributed by atoms with van der Waals surface area (Å²) >= 11 is 4.27. The van der Waals surface area contributed by atoms with Crippen molar-refractivity contribution in [2.24, 2.45) is 5.10 Å². The van der Waals surface area contributed by atoms with Crippen LogP contribution in [0.15, 0.2) is 61.7 Å². The summed E-state index contributed by atoms with van der Waals surface area (Å²) in [5.74, 6) is -0.525. The standard InChI is InChI=1S/C16H11BrFN3O2S/c17-11-7-10(5-6-12(11)18)8-19-21-15(22)9-24-16-20-13-3-1-2-4-14(13)23-16/h1-8H,9H2,(H,21,22)/b19-8+. The van der Waals surface area contributed by atoms with Crippen LogP contribution in [0.3, 0.4) is 0 Å². The van der Waals surface area contributed by atoms with Gasteiger partial charge in [0.1, 0.15) is 11.3 Å². The van der Waals surface area contributed by atoms with E-state index in [1.807, 2.05) is 24.3 Å². The number of para-hydroxylation sites is 2. The zero-order valence-electron chi connectivity index (χ0n) is 12.2. The number of hydrogen-bond donors (Lipinski definition) is 1. The van der Waals surface area contributed by atoms with Crippen LogP contribution < -0.4 is 5.43 Å². The molecule has 0 aliphatic heterocycles. The second-order valence-corrected chi connectivity index (χ2v) is 6.48. The van der Waals surface area contributed by atoms with E-state index in [1.165, 1.54) is 24.0 Å². The highest BCUT2D eigenvalue weighted by Crippen LogP contribution is 2.22. The molecule has 2 aromatic carbocycles. The van der Waals surface area contributed by atoms with Gasteiger partial charge in [-0.1, -0.05) is 30.0 Å². The van der Waals surface area contributed by atoms with E-state index >= 15 is 0 Å². The number of nitrogens with zero attached hydrogens (tertiary/aromatic N) is 2. The molecule has 1 aromatic heterocycles. The van der Waals surface area contributed by atoms with Crippen molar-refractivity contribution in [1.29, 1.82) is 0 Å². The highest BCUT2D eigenvalue weighted by molar-refractivity contribution is 9.10. The van der Waals surface area contributed by atoms with Gasteiger partial charge in [-0.2, -0.15) is 5.10 Å². The Labute approximate surface area is 149 Å². The largest absolute Gasteiger partial charge is 0.431 e. The minimum atomic E-state index is -0.356. The maximum atomic E-state index is 13.1. The molecule has 24 heavy (non-hydrogen) atoms. The lowest BCUT2D eigenvalue weighted by atomic mass is 10.2. The quantitative estimate of drug-likeness (QED) is 0.394. The SMILES string of the molecule is O=C(CSc1nc2ccccc2o1)N/N=C/c1ccc(F)c(Br)c1. The van der Waals surface area contributed by atoms with E-state index in [9.17, 15) is 9.18 Å². The molecule has 0 aliphatic carbocycles. The number of halogens is 2. The first-order chi connectivity index (χ1) is 11.6. The van der Waals surface area contributed by atoms with E-state index in [0.717, 1.165) is 5.52 Å². The average Bonchev–Trinajstić information content (AvgIpc) is 2.99. The van der Waals surface area contributed by atoms with Crippen molar-refractivity contribution in [2.45, 2.75) is 5.22 Å². The van der Waals surface area contributed by atoms with Gasteiger partial charge in [-0.3, -0.25) is 4.79 Å². The number of benzene rings is 2. The lowest BCUT2D eigenvalue weighted by molar-refractivity contribution is -0.118. The van der Waals surface area contributed by atoms with Crippen LogP contribution in [-0.2, 0) is 4.79 Å². The van der Waals surface area contributed by atoms with Crippen molar-refractivity contribution in [2.75, 3.05) is 5.75 Å². The molecule has 0 spiro atoms. The number of nitrogens with one attached hydrogen (secondary N) is 1. The minimum absolute atomic E-state index is 0.122. The summed E-state index contributed by atoms with van der Waals surface area (Å²) in [6.07, 6.45) is 1.44. The van der Waals surface area contributed by atoms with Crippen LogP contribution in [0.1, 0.15) is 5.56 Å². The first-order valence-corrected chi connectivity index (χ1v) is 8.65. The third-order valence-corrected chi connectivity index (χ3v) is 4.38. The van der Waals surface area contributed by atoms with Crippen molar-refractivity contribution in [1.82, 2.24) is 10.4 Å². The zero-order chi connectivity index (χ0) is 16.9. The van der Waals surface area contributed by atoms with Crippen LogP contribution in [-0.4, -0.2) is 22.9 Å². The van der Waals surface area contributed by atoms with Gasteiger partial charge in [-0.15, -0.1) is 0 Å². The second kappa shape index (κ2) is 7.59. The van der Waals surface area contributed by atoms with Gasteiger partial charge < -0.3 is 4.42 Å². The Bertz CT molecular complexity index is 880. The van der Waals surface area contributed by atoms with E-state index < -0.39 is 0 Å². The molecule has 1 amide bonds. The van der Waals surface area contributed by atoms with Gasteiger partial charge in [0.05, 0.1) is 16.4 Å². The van der Waals surface area contributed by atoms with E-state index in [2.05, 4.69) is 31.4 Å². The smallest absolute Gasteiger partial charge is 0.257 e. The fourth-order valence-corrected chi connectivity index (χ4v) is 2.87. The van der Waals surface area contributed by atoms with Gasteiger partial charge in [-0.25, -0.2) is 14.8 Å². The fourth-order valence-electron chi connectivity index (χ4n) is 1.84. The van der Waals surface area contributed by atoms with Crippen LogP contribution in [0.25, 0.3) is 11.1 Å². The Morgan fingerprint density at radius 2 is 2.21 bits per heavy atom. The predicted octanol–water partition coefficient (Wildman–Crippen LogP) is 3.97. The molecule has 0 fully saturated rings. The van der Waals surface area contributed by atoms with E-state index in [4.69, 9.17) is 4.42 Å². The highest BCUT2D eigenvalue weighted by atomic mass is 79.9. The molecule has 8 heteroatoms. The van der Waals surface area contributed by atoms with E-state index in [0.29, 0.717) is 20.8 Å². The lowest BCUT2D eigenvalue weighted by Gasteiger charge is -1.98. The third kappa shape index (κ3) is 4.21. The molecule has 0 unspecified atom stereocenters. The van der Waals surface area contributed by atoms with Crippen LogP contribution in [0.2, 0.25) is 0 Å². The first kappa shape index (κ1) is 16.7. The van der Waals surface area contributed by atoms with Crippen LogP contribution >= 0.6 is 27.7 Å². The van der Waals surface area contributed by atoms with E-state index in [-0.39, 0.29) is 17.5 Å². The molecule has 5 nitrogen and oxygen atoms in total. The normalized spacial score (nSPS) is 11.2. The van der Waals surface area contributed by atoms with Crippen LogP contribution in [0, 0.1) is 5.82 Å². The number of carbonyl (C=O) groups is 1. The first-order valence-electron chi connectivity index (χ1n) is 6.87. The van der Waals surface area contributed by atoms with Gasteiger partial charge in [0.15, 0.2) is 5.58 Å². The fraction of sp³-hybridized carbons (Fsp3) is 0.0625. The molecule has 0 atom stereocenters. The maximum Gasteiger partial charge on any atom is 0.257 e. The molecule has 0 bridgehead atoms. The molecule has 0 aliphatic rings. The van der Waals surface area contributed by atoms with Gasteiger partial charge in [0.2, 0.25) is 0 Å². The zero-order valence-corrected chi connectivity index (χ0v) is 14.6. The molecular weight excluding hydrogens is 397 g/mol. The third-order valence-electron chi connectivity index (χ3n) is 2.95. The van der Waals surface area contributed by atoms with Gasteiger partial charge >= 0.3 is 0 Å². The maximum absolute atomic E-state index is 13.1. The Morgan fingerprint density at radius 3 is 3.00 bits per heavy atom. The molecule has 0 radical (unpaired) electrons. The van der Waals surface area contributed by atoms with Crippen molar-refractivity contribution >= 4 is 50.9 Å². The molecule has 1 N–H and O–H groups in total. The Kier molecular flexibility index (Phi) is 5.27. The molecule has 122 valence electrons. The van der Waals surface area contributed by atoms with Crippen molar-refractivity contribution in [3.63, 3.8) is 0 Å². The Balaban J connectivity index is 1.51. The predicted molar refractivity (Wildman–Crippen MR) is 94.6 cm³/mol. The minimum Gasteiger partial charge on any atom is -0.431 e. The summed E-state index contributed by atoms with van der Waals surface area (Å²) in [4.78, 5) is 16.0. The van der Waals surface area contributed by atoms with E-state index in [1.54, 1.807) is 12.1 Å². The number of thioether (sulfide) groups is 1. The Morgan fingerprint density at radius 1 is 1.38 bits per heavy atom. The summed E-state index contributed by atoms with van der Waals surface area (Å²) < 4.78 is 19.0. The van der Waals surface area contributed by atoms with Gasteiger partial charge in [0, 0.05) is 0 Å². The van der Waals surface area contributed by atoms with Crippen molar-refractivity contribution < 1.29 is 13.6 Å². The summed E-state index contributed by atoms with van der Waals surface area (Å²) in [5, 5.41) is 4.26.